The summed E-state index contributed by atoms with van der Waals surface area (Å²) in [5.41, 5.74) is 1.26. The molecule has 0 aromatic carbocycles. The lowest BCUT2D eigenvalue weighted by Crippen LogP contribution is -2.37. The van der Waals surface area contributed by atoms with Gasteiger partial charge in [0.1, 0.15) is 4.90 Å². The van der Waals surface area contributed by atoms with Crippen LogP contribution in [0.1, 0.15) is 25.2 Å². The molecule has 0 spiro atoms. The summed E-state index contributed by atoms with van der Waals surface area (Å²) in [6.45, 7) is 7.24. The number of aryl methyl sites for hydroxylation is 1. The molecular weight excluding hydrogens is 390 g/mol. The molecule has 1 atom stereocenters. The van der Waals surface area contributed by atoms with Crippen LogP contribution >= 0.6 is 0 Å². The highest BCUT2D eigenvalue weighted by Crippen LogP contribution is 2.24. The summed E-state index contributed by atoms with van der Waals surface area (Å²) < 4.78 is 29.9. The van der Waals surface area contributed by atoms with Crippen LogP contribution in [0.3, 0.4) is 0 Å². The number of carbonyl (C=O) groups is 1. The van der Waals surface area contributed by atoms with Crippen LogP contribution in [0.5, 0.6) is 0 Å². The van der Waals surface area contributed by atoms with Gasteiger partial charge < -0.3 is 4.90 Å². The standard InChI is InChI=1S/C20H29N5O3S/c1-15(2)12-24-14-19(16(3)22-24)29(27,28)25-10-9-23(4)20(26)17(13-25)11-18-7-5-6-8-21-18/h5-8,14-15,17H,9-13H2,1-4H3/t17-/m0/s1. The van der Waals surface area contributed by atoms with Crippen molar-refractivity contribution in [2.45, 2.75) is 38.6 Å². The molecule has 0 saturated carbocycles. The second kappa shape index (κ2) is 8.62. The van der Waals surface area contributed by atoms with Crippen molar-refractivity contribution in [1.82, 2.24) is 24.0 Å². The number of rotatable bonds is 6. The molecule has 1 aliphatic heterocycles. The predicted octanol–water partition coefficient (Wildman–Crippen LogP) is 1.56. The van der Waals surface area contributed by atoms with Crippen LogP contribution in [-0.2, 0) is 27.8 Å². The van der Waals surface area contributed by atoms with Gasteiger partial charge in [-0.1, -0.05) is 19.9 Å². The molecule has 0 radical (unpaired) electrons. The average molecular weight is 420 g/mol. The molecule has 0 N–H and O–H groups in total. The number of sulfonamides is 1. The Labute approximate surface area is 172 Å². The molecule has 1 amide bonds. The minimum absolute atomic E-state index is 0.0550. The Bertz CT molecular complexity index is 956. The van der Waals surface area contributed by atoms with Crippen molar-refractivity contribution in [2.75, 3.05) is 26.7 Å². The Morgan fingerprint density at radius 2 is 2.00 bits per heavy atom. The first-order valence-electron chi connectivity index (χ1n) is 9.87. The van der Waals surface area contributed by atoms with Gasteiger partial charge in [0.15, 0.2) is 0 Å². The van der Waals surface area contributed by atoms with E-state index in [0.29, 0.717) is 31.1 Å². The first-order chi connectivity index (χ1) is 13.7. The van der Waals surface area contributed by atoms with Gasteiger partial charge in [0.25, 0.3) is 0 Å². The van der Waals surface area contributed by atoms with Gasteiger partial charge in [-0.05, 0) is 25.0 Å². The summed E-state index contributed by atoms with van der Waals surface area (Å²) in [4.78, 5) is 18.9. The van der Waals surface area contributed by atoms with Crippen LogP contribution in [0, 0.1) is 18.8 Å². The first-order valence-corrected chi connectivity index (χ1v) is 11.3. The SMILES string of the molecule is Cc1nn(CC(C)C)cc1S(=O)(=O)N1CCN(C)C(=O)[C@@H](Cc2ccccn2)C1. The van der Waals surface area contributed by atoms with E-state index in [9.17, 15) is 13.2 Å². The van der Waals surface area contributed by atoms with E-state index in [1.807, 2.05) is 18.2 Å². The van der Waals surface area contributed by atoms with Crippen molar-refractivity contribution in [3.63, 3.8) is 0 Å². The Morgan fingerprint density at radius 1 is 1.24 bits per heavy atom. The Balaban J connectivity index is 1.88. The summed E-state index contributed by atoms with van der Waals surface area (Å²) in [6, 6.07) is 5.55. The summed E-state index contributed by atoms with van der Waals surface area (Å²) in [5.74, 6) is -0.171. The van der Waals surface area contributed by atoms with Crippen LogP contribution in [-0.4, -0.2) is 65.0 Å². The molecule has 1 aliphatic rings. The average Bonchev–Trinajstić information content (AvgIpc) is 2.97. The number of hydrogen-bond donors (Lipinski definition) is 0. The molecule has 29 heavy (non-hydrogen) atoms. The molecular formula is C20H29N5O3S. The lowest BCUT2D eigenvalue weighted by atomic mass is 10.0. The zero-order valence-corrected chi connectivity index (χ0v) is 18.3. The smallest absolute Gasteiger partial charge is 0.246 e. The third-order valence-electron chi connectivity index (χ3n) is 5.09. The monoisotopic (exact) mass is 419 g/mol. The number of aromatic nitrogens is 3. The highest BCUT2D eigenvalue weighted by atomic mass is 32.2. The molecule has 2 aromatic rings. The number of nitrogens with zero attached hydrogens (tertiary/aromatic N) is 5. The minimum Gasteiger partial charge on any atom is -0.344 e. The van der Waals surface area contributed by atoms with E-state index >= 15 is 0 Å². The summed E-state index contributed by atoms with van der Waals surface area (Å²) in [7, 11) is -2.03. The molecule has 8 nitrogen and oxygen atoms in total. The van der Waals surface area contributed by atoms with Gasteiger partial charge in [0.2, 0.25) is 15.9 Å². The molecule has 2 aromatic heterocycles. The Hall–Kier alpha value is -2.26. The number of likely N-dealkylation sites (N-methyl/N-ethyl adjacent to an activating group) is 1. The van der Waals surface area contributed by atoms with E-state index in [1.165, 1.54) is 4.31 Å². The molecule has 0 unspecified atom stereocenters. The van der Waals surface area contributed by atoms with Crippen LogP contribution < -0.4 is 0 Å². The zero-order valence-electron chi connectivity index (χ0n) is 17.4. The highest BCUT2D eigenvalue weighted by Gasteiger charge is 2.36. The van der Waals surface area contributed by atoms with Gasteiger partial charge >= 0.3 is 0 Å². The molecule has 158 valence electrons. The van der Waals surface area contributed by atoms with Crippen molar-refractivity contribution in [3.05, 3.63) is 42.0 Å². The van der Waals surface area contributed by atoms with Gasteiger partial charge in [-0.15, -0.1) is 0 Å². The summed E-state index contributed by atoms with van der Waals surface area (Å²) in [6.07, 6.45) is 3.69. The third-order valence-corrected chi connectivity index (χ3v) is 7.06. The number of carbonyl (C=O) groups excluding carboxylic acids is 1. The van der Waals surface area contributed by atoms with Gasteiger partial charge in [-0.2, -0.15) is 9.40 Å². The lowest BCUT2D eigenvalue weighted by Gasteiger charge is -2.22. The molecule has 3 rings (SSSR count). The Kier molecular flexibility index (Phi) is 6.38. The molecule has 0 aliphatic carbocycles. The topological polar surface area (TPSA) is 88.4 Å². The van der Waals surface area contributed by atoms with Crippen LogP contribution in [0.4, 0.5) is 0 Å². The predicted molar refractivity (Wildman–Crippen MR) is 110 cm³/mol. The molecule has 1 saturated heterocycles. The van der Waals surface area contributed by atoms with Crippen LogP contribution in [0.25, 0.3) is 0 Å². The van der Waals surface area contributed by atoms with Gasteiger partial charge in [-0.25, -0.2) is 8.42 Å². The maximum Gasteiger partial charge on any atom is 0.246 e. The normalized spacial score (nSPS) is 19.0. The van der Waals surface area contributed by atoms with Crippen molar-refractivity contribution < 1.29 is 13.2 Å². The van der Waals surface area contributed by atoms with Gasteiger partial charge in [0, 0.05) is 57.7 Å². The summed E-state index contributed by atoms with van der Waals surface area (Å²) >= 11 is 0. The Morgan fingerprint density at radius 3 is 2.66 bits per heavy atom. The lowest BCUT2D eigenvalue weighted by molar-refractivity contribution is -0.133. The van der Waals surface area contributed by atoms with E-state index < -0.39 is 15.9 Å². The van der Waals surface area contributed by atoms with Crippen molar-refractivity contribution in [3.8, 4) is 0 Å². The largest absolute Gasteiger partial charge is 0.344 e. The molecule has 9 heteroatoms. The van der Waals surface area contributed by atoms with Crippen molar-refractivity contribution >= 4 is 15.9 Å². The van der Waals surface area contributed by atoms with Crippen molar-refractivity contribution in [1.29, 1.82) is 0 Å². The van der Waals surface area contributed by atoms with Crippen LogP contribution in [0.2, 0.25) is 0 Å². The highest BCUT2D eigenvalue weighted by molar-refractivity contribution is 7.89. The van der Waals surface area contributed by atoms with E-state index in [2.05, 4.69) is 23.9 Å². The molecule has 1 fully saturated rings. The van der Waals surface area contributed by atoms with E-state index in [1.54, 1.807) is 35.9 Å². The number of pyridine rings is 1. The van der Waals surface area contributed by atoms with Gasteiger partial charge in [-0.3, -0.25) is 14.5 Å². The zero-order chi connectivity index (χ0) is 21.2. The molecule has 3 heterocycles. The van der Waals surface area contributed by atoms with E-state index in [0.717, 1.165) is 5.69 Å². The fraction of sp³-hybridized carbons (Fsp3) is 0.550. The number of amides is 1. The maximum atomic E-state index is 13.4. The third kappa shape index (κ3) is 4.84. The van der Waals surface area contributed by atoms with Gasteiger partial charge in [0.05, 0.1) is 11.6 Å². The second-order valence-electron chi connectivity index (χ2n) is 8.04. The van der Waals surface area contributed by atoms with E-state index in [4.69, 9.17) is 0 Å². The summed E-state index contributed by atoms with van der Waals surface area (Å²) in [5, 5.41) is 4.38. The quantitative estimate of drug-likeness (QED) is 0.709. The second-order valence-corrected chi connectivity index (χ2v) is 9.95. The first kappa shape index (κ1) is 21.4. The fourth-order valence-corrected chi connectivity index (χ4v) is 5.25. The number of hydrogen-bond acceptors (Lipinski definition) is 5. The van der Waals surface area contributed by atoms with Crippen molar-refractivity contribution in [2.24, 2.45) is 11.8 Å². The fourth-order valence-electron chi connectivity index (χ4n) is 3.60. The minimum atomic E-state index is -3.75. The molecule has 0 bridgehead atoms. The van der Waals surface area contributed by atoms with Crippen LogP contribution in [0.15, 0.2) is 35.5 Å². The van der Waals surface area contributed by atoms with E-state index in [-0.39, 0.29) is 23.9 Å². The maximum absolute atomic E-state index is 13.4.